The average molecular weight is 386 g/mol. The monoisotopic (exact) mass is 385 g/mol. The predicted octanol–water partition coefficient (Wildman–Crippen LogP) is 3.12. The predicted molar refractivity (Wildman–Crippen MR) is 102 cm³/mol. The molecule has 0 aliphatic carbocycles. The molecule has 1 aliphatic heterocycles. The van der Waals surface area contributed by atoms with Gasteiger partial charge in [-0.15, -0.1) is 36.2 Å². The first kappa shape index (κ1) is 18.7. The molecule has 0 saturated heterocycles. The molecule has 0 bridgehead atoms. The van der Waals surface area contributed by atoms with Crippen LogP contribution in [0.2, 0.25) is 0 Å². The van der Waals surface area contributed by atoms with Crippen LogP contribution in [0.5, 0.6) is 0 Å². The lowest BCUT2D eigenvalue weighted by molar-refractivity contribution is 0.526. The third-order valence-corrected chi connectivity index (χ3v) is 5.00. The van der Waals surface area contributed by atoms with E-state index in [1.807, 2.05) is 13.0 Å². The number of hydrogen-bond acceptors (Lipinski definition) is 5. The lowest BCUT2D eigenvalue weighted by atomic mass is 10.1. The average Bonchev–Trinajstić information content (AvgIpc) is 3.14. The van der Waals surface area contributed by atoms with Crippen molar-refractivity contribution in [2.24, 2.45) is 0 Å². The van der Waals surface area contributed by atoms with Gasteiger partial charge in [0, 0.05) is 22.7 Å². The minimum Gasteiger partial charge on any atom is -0.308 e. The second-order valence-electron chi connectivity index (χ2n) is 5.35. The molecule has 1 aliphatic rings. The van der Waals surface area contributed by atoms with E-state index in [1.165, 1.54) is 11.3 Å². The highest BCUT2D eigenvalue weighted by molar-refractivity contribution is 7.22. The van der Waals surface area contributed by atoms with Gasteiger partial charge in [0.1, 0.15) is 10.5 Å². The molecular weight excluding hydrogens is 369 g/mol. The molecule has 0 fully saturated rings. The topological polar surface area (TPSA) is 86.5 Å². The summed E-state index contributed by atoms with van der Waals surface area (Å²) in [6.07, 6.45) is 6.81. The Morgan fingerprint density at radius 3 is 2.79 bits per heavy atom. The molecule has 0 spiro atoms. The van der Waals surface area contributed by atoms with E-state index < -0.39 is 0 Å². The zero-order valence-electron chi connectivity index (χ0n) is 12.8. The first-order valence-electron chi connectivity index (χ1n) is 7.15. The number of aromatic nitrogens is 4. The Morgan fingerprint density at radius 1 is 1.29 bits per heavy atom. The van der Waals surface area contributed by atoms with Crippen LogP contribution in [0, 0.1) is 6.92 Å². The second kappa shape index (κ2) is 7.48. The molecule has 1 atom stereocenters. The smallest absolute Gasteiger partial charge is 0.268 e. The highest BCUT2D eigenvalue weighted by Gasteiger charge is 2.18. The van der Waals surface area contributed by atoms with Gasteiger partial charge in [-0.2, -0.15) is 5.10 Å². The van der Waals surface area contributed by atoms with Crippen molar-refractivity contribution in [2.45, 2.75) is 19.4 Å². The van der Waals surface area contributed by atoms with E-state index in [0.29, 0.717) is 10.5 Å². The number of nitrogens with one attached hydrogen (secondary N) is 3. The number of fused-ring (bicyclic) bond motifs is 1. The molecule has 3 aromatic rings. The van der Waals surface area contributed by atoms with Crippen LogP contribution < -0.4 is 10.9 Å². The van der Waals surface area contributed by atoms with E-state index in [9.17, 15) is 4.79 Å². The number of aromatic amines is 2. The molecule has 3 N–H and O–H groups in total. The Kier molecular flexibility index (Phi) is 5.82. The third kappa shape index (κ3) is 3.25. The summed E-state index contributed by atoms with van der Waals surface area (Å²) in [4.78, 5) is 20.9. The van der Waals surface area contributed by atoms with Gasteiger partial charge in [0.25, 0.3) is 5.56 Å². The van der Waals surface area contributed by atoms with Gasteiger partial charge in [-0.25, -0.2) is 4.98 Å². The van der Waals surface area contributed by atoms with Crippen LogP contribution in [0.15, 0.2) is 29.2 Å². The van der Waals surface area contributed by atoms with Gasteiger partial charge in [0.2, 0.25) is 0 Å². The summed E-state index contributed by atoms with van der Waals surface area (Å²) in [5.41, 5.74) is 2.68. The van der Waals surface area contributed by atoms with E-state index in [0.717, 1.165) is 34.6 Å². The van der Waals surface area contributed by atoms with Crippen LogP contribution in [0.3, 0.4) is 0 Å². The number of thiophene rings is 1. The van der Waals surface area contributed by atoms with Crippen LogP contribution in [-0.4, -0.2) is 26.7 Å². The molecule has 0 amide bonds. The molecule has 0 aromatic carbocycles. The molecule has 9 heteroatoms. The van der Waals surface area contributed by atoms with Crippen molar-refractivity contribution >= 4 is 46.4 Å². The Morgan fingerprint density at radius 2 is 2.12 bits per heavy atom. The summed E-state index contributed by atoms with van der Waals surface area (Å²) < 4.78 is 0.658. The molecule has 4 rings (SSSR count). The summed E-state index contributed by atoms with van der Waals surface area (Å²) in [5, 5.41) is 10.3. The van der Waals surface area contributed by atoms with Gasteiger partial charge in [-0.05, 0) is 19.4 Å². The van der Waals surface area contributed by atoms with Crippen LogP contribution in [-0.2, 0) is 0 Å². The zero-order chi connectivity index (χ0) is 15.1. The van der Waals surface area contributed by atoms with Gasteiger partial charge >= 0.3 is 0 Å². The largest absolute Gasteiger partial charge is 0.308 e. The molecule has 3 aromatic heterocycles. The maximum Gasteiger partial charge on any atom is 0.268 e. The van der Waals surface area contributed by atoms with E-state index >= 15 is 0 Å². The lowest BCUT2D eigenvalue weighted by Gasteiger charge is -2.18. The van der Waals surface area contributed by atoms with Crippen molar-refractivity contribution in [1.29, 1.82) is 0 Å². The fraction of sp³-hybridized carbons (Fsp3) is 0.267. The van der Waals surface area contributed by atoms with Gasteiger partial charge in [0.15, 0.2) is 0 Å². The number of rotatable bonds is 2. The number of aryl methyl sites for hydroxylation is 1. The minimum absolute atomic E-state index is 0. The molecule has 0 radical (unpaired) electrons. The molecule has 4 heterocycles. The Balaban J connectivity index is 0.00000104. The Hall–Kier alpha value is -1.67. The Labute approximate surface area is 154 Å². The van der Waals surface area contributed by atoms with E-state index in [-0.39, 0.29) is 36.4 Å². The zero-order valence-corrected chi connectivity index (χ0v) is 15.3. The number of nitrogens with zero attached hydrogens (tertiary/aromatic N) is 2. The molecule has 24 heavy (non-hydrogen) atoms. The number of hydrogen-bond donors (Lipinski definition) is 3. The first-order chi connectivity index (χ1) is 10.7. The standard InChI is InChI=1S/C15H15N5OS.2ClH/c1-8-9(7-17-20-8)12-6-11-13(22-12)15(21)19-14(18-11)10-4-2-3-5-16-10;;/h2-3,6-7,10,16H,4-5H2,1H3,(H,17,20)(H,18,19,21);2*1H/t10-;;/m1../s1. The Bertz CT molecular complexity index is 929. The van der Waals surface area contributed by atoms with Gasteiger partial charge in [-0.1, -0.05) is 12.2 Å². The van der Waals surface area contributed by atoms with Gasteiger partial charge in [0.05, 0.1) is 17.8 Å². The summed E-state index contributed by atoms with van der Waals surface area (Å²) in [5.74, 6) is 0.704. The van der Waals surface area contributed by atoms with Crippen LogP contribution in [0.25, 0.3) is 20.7 Å². The fourth-order valence-corrected chi connectivity index (χ4v) is 3.73. The normalized spacial score (nSPS) is 16.6. The second-order valence-corrected chi connectivity index (χ2v) is 6.41. The summed E-state index contributed by atoms with van der Waals surface area (Å²) in [7, 11) is 0. The van der Waals surface area contributed by atoms with E-state index in [4.69, 9.17) is 0 Å². The number of halogens is 2. The summed E-state index contributed by atoms with van der Waals surface area (Å²) >= 11 is 1.45. The summed E-state index contributed by atoms with van der Waals surface area (Å²) in [6.45, 7) is 2.77. The van der Waals surface area contributed by atoms with Crippen molar-refractivity contribution in [1.82, 2.24) is 25.5 Å². The molecular formula is C15H17Cl2N5OS. The highest BCUT2D eigenvalue weighted by atomic mass is 35.5. The van der Waals surface area contributed by atoms with Crippen LogP contribution in [0.1, 0.15) is 24.0 Å². The van der Waals surface area contributed by atoms with Crippen molar-refractivity contribution in [3.63, 3.8) is 0 Å². The molecule has 0 saturated carbocycles. The van der Waals surface area contributed by atoms with Crippen molar-refractivity contribution in [2.75, 3.05) is 6.54 Å². The maximum atomic E-state index is 12.4. The van der Waals surface area contributed by atoms with Crippen LogP contribution >= 0.6 is 36.2 Å². The lowest BCUT2D eigenvalue weighted by Crippen LogP contribution is -2.27. The first-order valence-corrected chi connectivity index (χ1v) is 7.96. The van der Waals surface area contributed by atoms with Crippen molar-refractivity contribution < 1.29 is 0 Å². The van der Waals surface area contributed by atoms with E-state index in [2.05, 4.69) is 37.6 Å². The third-order valence-electron chi connectivity index (χ3n) is 3.85. The fourth-order valence-electron chi connectivity index (χ4n) is 2.67. The summed E-state index contributed by atoms with van der Waals surface area (Å²) in [6, 6.07) is 2.04. The van der Waals surface area contributed by atoms with E-state index in [1.54, 1.807) is 6.20 Å². The number of H-pyrrole nitrogens is 2. The molecule has 128 valence electrons. The quantitative estimate of drug-likeness (QED) is 0.591. The molecule has 6 nitrogen and oxygen atoms in total. The van der Waals surface area contributed by atoms with Crippen molar-refractivity contribution in [3.05, 3.63) is 46.3 Å². The maximum absolute atomic E-state index is 12.4. The van der Waals surface area contributed by atoms with Gasteiger partial charge in [-0.3, -0.25) is 9.89 Å². The van der Waals surface area contributed by atoms with Gasteiger partial charge < -0.3 is 10.3 Å². The van der Waals surface area contributed by atoms with Crippen molar-refractivity contribution in [3.8, 4) is 10.4 Å². The minimum atomic E-state index is -0.0752. The SMILES string of the molecule is Cc1[nH]ncc1-c1cc2nc([C@H]3CC=CCN3)[nH]c(=O)c2s1.Cl.Cl. The molecule has 0 unspecified atom stereocenters. The highest BCUT2D eigenvalue weighted by Crippen LogP contribution is 2.32. The van der Waals surface area contributed by atoms with Crippen LogP contribution in [0.4, 0.5) is 0 Å².